The van der Waals surface area contributed by atoms with Gasteiger partial charge in [-0.05, 0) is 64.2 Å². The van der Waals surface area contributed by atoms with Crippen molar-refractivity contribution in [3.63, 3.8) is 0 Å². The summed E-state index contributed by atoms with van der Waals surface area (Å²) in [6, 6.07) is -0.734. The molecule has 8 nitrogen and oxygen atoms in total. The lowest BCUT2D eigenvalue weighted by atomic mass is 10.0. The summed E-state index contributed by atoms with van der Waals surface area (Å²) in [6.45, 7) is 4.62. The van der Waals surface area contributed by atoms with Crippen LogP contribution in [0.1, 0.15) is 232 Å². The van der Waals surface area contributed by atoms with Crippen LogP contribution in [0.25, 0.3) is 0 Å². The van der Waals surface area contributed by atoms with Gasteiger partial charge in [-0.2, -0.15) is 0 Å². The van der Waals surface area contributed by atoms with Crippen LogP contribution in [-0.2, 0) is 28.6 Å². The Balaban J connectivity index is 4.25. The monoisotopic (exact) mass is 912 g/mol. The molecule has 0 saturated heterocycles. The second-order valence-electron chi connectivity index (χ2n) is 19.2. The van der Waals surface area contributed by atoms with Crippen LogP contribution in [0.2, 0.25) is 0 Å². The Bertz CT molecular complexity index is 1250. The van der Waals surface area contributed by atoms with Crippen molar-refractivity contribution in [3.8, 4) is 0 Å². The highest BCUT2D eigenvalue weighted by Crippen LogP contribution is 2.15. The molecule has 0 aromatic rings. The predicted molar refractivity (Wildman–Crippen MR) is 273 cm³/mol. The van der Waals surface area contributed by atoms with E-state index in [4.69, 9.17) is 14.2 Å². The number of likely N-dealkylation sites (N-methyl/N-ethyl adjacent to an activating group) is 1. The summed E-state index contributed by atoms with van der Waals surface area (Å²) in [4.78, 5) is 37.1. The number of allylic oxidation sites excluding steroid dienone is 10. The molecule has 2 atom stereocenters. The third kappa shape index (κ3) is 46.0. The maximum absolute atomic E-state index is 12.8. The van der Waals surface area contributed by atoms with Crippen molar-refractivity contribution in [1.82, 2.24) is 0 Å². The van der Waals surface area contributed by atoms with Crippen LogP contribution < -0.4 is 5.11 Å². The van der Waals surface area contributed by atoms with E-state index >= 15 is 0 Å². The van der Waals surface area contributed by atoms with Crippen molar-refractivity contribution in [2.75, 3.05) is 41.0 Å². The summed E-state index contributed by atoms with van der Waals surface area (Å²) in [6.07, 6.45) is 59.7. The van der Waals surface area contributed by atoms with E-state index in [1.807, 2.05) is 0 Å². The minimum absolute atomic E-state index is 0.0281. The zero-order valence-corrected chi connectivity index (χ0v) is 42.9. The fourth-order valence-electron chi connectivity index (χ4n) is 7.78. The third-order valence-corrected chi connectivity index (χ3v) is 12.0. The Morgan fingerprint density at radius 3 is 1.28 bits per heavy atom. The third-order valence-electron chi connectivity index (χ3n) is 12.0. The van der Waals surface area contributed by atoms with E-state index in [0.29, 0.717) is 12.8 Å². The van der Waals surface area contributed by atoms with Crippen molar-refractivity contribution in [2.24, 2.45) is 0 Å². The lowest BCUT2D eigenvalue weighted by Crippen LogP contribution is -2.55. The molecule has 2 unspecified atom stereocenters. The zero-order chi connectivity index (χ0) is 47.7. The number of nitrogens with zero attached hydrogens (tertiary/aromatic N) is 1. The molecule has 0 aromatic carbocycles. The Morgan fingerprint density at radius 1 is 0.462 bits per heavy atom. The van der Waals surface area contributed by atoms with Crippen LogP contribution in [0.5, 0.6) is 0 Å². The van der Waals surface area contributed by atoms with Crippen LogP contribution >= 0.6 is 0 Å². The molecule has 8 heteroatoms. The Hall–Kier alpha value is -2.97. The molecule has 0 radical (unpaired) electrons. The first kappa shape index (κ1) is 62.0. The molecular formula is C57H101NO7. The number of carbonyl (C=O) groups excluding carboxylic acids is 3. The van der Waals surface area contributed by atoms with Gasteiger partial charge in [-0.3, -0.25) is 9.59 Å². The maximum atomic E-state index is 12.8. The average molecular weight is 912 g/mol. The summed E-state index contributed by atoms with van der Waals surface area (Å²) in [7, 11) is 5.41. The first-order valence-electron chi connectivity index (χ1n) is 26.9. The molecule has 0 spiro atoms. The van der Waals surface area contributed by atoms with E-state index in [0.717, 1.165) is 64.2 Å². The number of hydrogen-bond donors (Lipinski definition) is 0. The largest absolute Gasteiger partial charge is 0.544 e. The van der Waals surface area contributed by atoms with Gasteiger partial charge in [-0.25, -0.2) is 0 Å². The number of carboxylic acid groups (broad SMARTS) is 1. The minimum atomic E-state index is -1.13. The number of ether oxygens (including phenoxy) is 3. The van der Waals surface area contributed by atoms with E-state index in [-0.39, 0.29) is 42.7 Å². The Morgan fingerprint density at radius 2 is 0.831 bits per heavy atom. The number of carboxylic acids is 1. The lowest BCUT2D eigenvalue weighted by molar-refractivity contribution is -0.889. The average Bonchev–Trinajstić information content (AvgIpc) is 3.27. The van der Waals surface area contributed by atoms with Gasteiger partial charge in [0.15, 0.2) is 6.10 Å². The molecule has 0 aliphatic rings. The predicted octanol–water partition coefficient (Wildman–Crippen LogP) is 14.4. The summed E-state index contributed by atoms with van der Waals surface area (Å²) in [5.41, 5.74) is 0. The molecule has 0 aliphatic carbocycles. The molecule has 65 heavy (non-hydrogen) atoms. The van der Waals surface area contributed by atoms with Crippen molar-refractivity contribution in [1.29, 1.82) is 0 Å². The van der Waals surface area contributed by atoms with Crippen molar-refractivity contribution in [2.45, 2.75) is 244 Å². The normalized spacial score (nSPS) is 13.3. The molecule has 0 fully saturated rings. The van der Waals surface area contributed by atoms with Gasteiger partial charge in [0.1, 0.15) is 12.6 Å². The molecule has 0 saturated carbocycles. The first-order chi connectivity index (χ1) is 31.6. The van der Waals surface area contributed by atoms with Gasteiger partial charge in [0.05, 0.1) is 40.3 Å². The summed E-state index contributed by atoms with van der Waals surface area (Å²) < 4.78 is 17.2. The highest BCUT2D eigenvalue weighted by molar-refractivity contribution is 5.70. The number of rotatable bonds is 48. The van der Waals surface area contributed by atoms with Gasteiger partial charge in [0.2, 0.25) is 0 Å². The number of aliphatic carboxylic acids is 1. The minimum Gasteiger partial charge on any atom is -0.544 e. The molecule has 0 heterocycles. The maximum Gasteiger partial charge on any atom is 0.306 e. The molecule has 376 valence electrons. The second kappa shape index (κ2) is 47.5. The Kier molecular flexibility index (Phi) is 45.3. The molecular weight excluding hydrogens is 811 g/mol. The summed E-state index contributed by atoms with van der Waals surface area (Å²) in [5.74, 6) is -1.77. The van der Waals surface area contributed by atoms with E-state index in [1.165, 1.54) is 135 Å². The second-order valence-corrected chi connectivity index (χ2v) is 19.2. The van der Waals surface area contributed by atoms with E-state index < -0.39 is 18.1 Å². The highest BCUT2D eigenvalue weighted by Gasteiger charge is 2.25. The fourth-order valence-corrected chi connectivity index (χ4v) is 7.78. The van der Waals surface area contributed by atoms with Gasteiger partial charge in [-0.15, -0.1) is 0 Å². The number of esters is 2. The van der Waals surface area contributed by atoms with E-state index in [9.17, 15) is 19.5 Å². The van der Waals surface area contributed by atoms with Gasteiger partial charge < -0.3 is 28.6 Å². The first-order valence-corrected chi connectivity index (χ1v) is 26.9. The molecule has 0 bridgehead atoms. The summed E-state index contributed by atoms with van der Waals surface area (Å²) in [5, 5.41) is 11.7. The van der Waals surface area contributed by atoms with Crippen LogP contribution in [0.4, 0.5) is 0 Å². The smallest absolute Gasteiger partial charge is 0.306 e. The number of unbranched alkanes of at least 4 members (excludes halogenated alkanes) is 27. The van der Waals surface area contributed by atoms with Gasteiger partial charge in [-0.1, -0.05) is 209 Å². The van der Waals surface area contributed by atoms with Crippen LogP contribution in [0.15, 0.2) is 60.8 Å². The SMILES string of the molecule is CCCCC/C=C/C=C/C=C/C=C/CCCCCCCC(=O)OC(COCCC(C(=O)[O-])[N+](C)(C)C)COC(=O)CCCCCCCCC/C=C/CCCCCCCCCCCCCC. The van der Waals surface area contributed by atoms with Crippen LogP contribution in [-0.4, -0.2) is 75.5 Å². The van der Waals surface area contributed by atoms with Crippen LogP contribution in [0, 0.1) is 0 Å². The van der Waals surface area contributed by atoms with Gasteiger partial charge in [0, 0.05) is 19.3 Å². The number of quaternary nitrogens is 1. The summed E-state index contributed by atoms with van der Waals surface area (Å²) >= 11 is 0. The fraction of sp³-hybridized carbons (Fsp3) is 0.772. The molecule has 0 amide bonds. The van der Waals surface area contributed by atoms with Crippen molar-refractivity contribution < 1.29 is 38.2 Å². The van der Waals surface area contributed by atoms with E-state index in [1.54, 1.807) is 21.1 Å². The standard InChI is InChI=1S/C57H101NO7/c1-6-8-10-12-14-16-18-20-22-24-26-27-28-29-30-32-33-35-37-39-41-43-45-47-55(59)64-52-53(51-63-50-49-54(57(61)62)58(3,4)5)65-56(60)48-46-44-42-40-38-36-34-31-25-23-21-19-17-15-13-11-9-7-2/h15,17,19,21,23,25,29-31,34,53-54H,6-14,16,18,20,22,24,26-28,32-33,35-52H2,1-5H3/b17-15+,21-19+,25-23+,30-29+,34-31+. The molecule has 0 rings (SSSR count). The topological polar surface area (TPSA) is 102 Å². The van der Waals surface area contributed by atoms with E-state index in [2.05, 4.69) is 74.6 Å². The number of carbonyl (C=O) groups is 3. The molecule has 0 aliphatic heterocycles. The van der Waals surface area contributed by atoms with Crippen molar-refractivity contribution >= 4 is 17.9 Å². The number of hydrogen-bond acceptors (Lipinski definition) is 7. The van der Waals surface area contributed by atoms with Crippen LogP contribution in [0.3, 0.4) is 0 Å². The quantitative estimate of drug-likeness (QED) is 0.0197. The molecule has 0 N–H and O–H groups in total. The lowest BCUT2D eigenvalue weighted by Gasteiger charge is -2.34. The molecule has 0 aromatic heterocycles. The van der Waals surface area contributed by atoms with Gasteiger partial charge in [0.25, 0.3) is 0 Å². The van der Waals surface area contributed by atoms with Gasteiger partial charge >= 0.3 is 11.9 Å². The highest BCUT2D eigenvalue weighted by atomic mass is 16.6. The zero-order valence-electron chi connectivity index (χ0n) is 42.9. The Labute approximate surface area is 400 Å². The van der Waals surface area contributed by atoms with Crippen molar-refractivity contribution in [3.05, 3.63) is 60.8 Å².